The van der Waals surface area contributed by atoms with Crippen molar-refractivity contribution in [2.75, 3.05) is 19.7 Å². The molecule has 0 saturated carbocycles. The van der Waals surface area contributed by atoms with Crippen LogP contribution < -0.4 is 5.73 Å². The molecule has 2 aliphatic rings. The highest BCUT2D eigenvalue weighted by Crippen LogP contribution is 2.16. The van der Waals surface area contributed by atoms with Crippen molar-refractivity contribution in [2.24, 2.45) is 5.73 Å². The third kappa shape index (κ3) is 2.00. The van der Waals surface area contributed by atoms with E-state index < -0.39 is 0 Å². The van der Waals surface area contributed by atoms with E-state index in [1.54, 1.807) is 0 Å². The summed E-state index contributed by atoms with van der Waals surface area (Å²) in [5.41, 5.74) is 5.69. The van der Waals surface area contributed by atoms with Gasteiger partial charge in [-0.2, -0.15) is 0 Å². The van der Waals surface area contributed by atoms with E-state index in [2.05, 4.69) is 0 Å². The van der Waals surface area contributed by atoms with Crippen LogP contribution in [0.3, 0.4) is 0 Å². The molecule has 0 bridgehead atoms. The molecule has 2 rings (SSSR count). The number of amides is 1. The van der Waals surface area contributed by atoms with Gasteiger partial charge >= 0.3 is 0 Å². The van der Waals surface area contributed by atoms with Gasteiger partial charge < -0.3 is 15.4 Å². The highest BCUT2D eigenvalue weighted by atomic mass is 16.5. The Balaban J connectivity index is 1.83. The van der Waals surface area contributed by atoms with Crippen LogP contribution in [-0.2, 0) is 9.53 Å². The second kappa shape index (κ2) is 3.64. The molecule has 13 heavy (non-hydrogen) atoms. The quantitative estimate of drug-likeness (QED) is 0.642. The van der Waals surface area contributed by atoms with Crippen LogP contribution in [0.1, 0.15) is 19.3 Å². The van der Waals surface area contributed by atoms with Gasteiger partial charge in [0.1, 0.15) is 0 Å². The molecule has 1 amide bonds. The summed E-state index contributed by atoms with van der Waals surface area (Å²) in [5.74, 6) is 0.183. The molecule has 2 fully saturated rings. The normalized spacial score (nSPS) is 34.5. The van der Waals surface area contributed by atoms with Gasteiger partial charge in [-0.1, -0.05) is 0 Å². The fourth-order valence-electron chi connectivity index (χ4n) is 2.01. The van der Waals surface area contributed by atoms with Gasteiger partial charge in [-0.05, 0) is 12.8 Å². The zero-order chi connectivity index (χ0) is 9.26. The molecule has 2 atom stereocenters. The molecule has 2 heterocycles. The zero-order valence-corrected chi connectivity index (χ0v) is 7.74. The first-order valence-corrected chi connectivity index (χ1v) is 4.90. The highest BCUT2D eigenvalue weighted by Gasteiger charge is 2.29. The predicted octanol–water partition coefficient (Wildman–Crippen LogP) is -0.275. The van der Waals surface area contributed by atoms with Crippen LogP contribution in [0.5, 0.6) is 0 Å². The Labute approximate surface area is 78.0 Å². The smallest absolute Gasteiger partial charge is 0.224 e. The third-order valence-electron chi connectivity index (χ3n) is 2.69. The van der Waals surface area contributed by atoms with Crippen molar-refractivity contribution in [2.45, 2.75) is 31.4 Å². The summed E-state index contributed by atoms with van der Waals surface area (Å²) in [4.78, 5) is 13.2. The zero-order valence-electron chi connectivity index (χ0n) is 7.74. The monoisotopic (exact) mass is 184 g/mol. The second-order valence-electron chi connectivity index (χ2n) is 3.90. The van der Waals surface area contributed by atoms with Crippen molar-refractivity contribution in [3.05, 3.63) is 0 Å². The van der Waals surface area contributed by atoms with Gasteiger partial charge in [-0.3, -0.25) is 4.79 Å². The van der Waals surface area contributed by atoms with Gasteiger partial charge in [0.25, 0.3) is 0 Å². The van der Waals surface area contributed by atoms with Crippen LogP contribution in [0.15, 0.2) is 0 Å². The maximum atomic E-state index is 11.4. The first kappa shape index (κ1) is 8.97. The van der Waals surface area contributed by atoms with Crippen LogP contribution in [-0.4, -0.2) is 42.6 Å². The van der Waals surface area contributed by atoms with E-state index in [9.17, 15) is 4.79 Å². The number of rotatable bonds is 2. The molecule has 0 radical (unpaired) electrons. The topological polar surface area (TPSA) is 55.6 Å². The molecule has 0 aromatic rings. The standard InChI is InChI=1S/C9H16N2O2/c10-7-4-9(12)11(5-7)6-8-2-1-3-13-8/h7-8H,1-6,10H2/t7-,8+/m0/s1. The number of carbonyl (C=O) groups is 1. The van der Waals surface area contributed by atoms with Crippen LogP contribution in [0, 0.1) is 0 Å². The van der Waals surface area contributed by atoms with E-state index in [-0.39, 0.29) is 18.1 Å². The van der Waals surface area contributed by atoms with Crippen molar-refractivity contribution >= 4 is 5.91 Å². The molecule has 0 spiro atoms. The summed E-state index contributed by atoms with van der Waals surface area (Å²) in [5, 5.41) is 0. The molecule has 0 unspecified atom stereocenters. The molecule has 0 aliphatic carbocycles. The van der Waals surface area contributed by atoms with Gasteiger partial charge in [0.15, 0.2) is 0 Å². The summed E-state index contributed by atoms with van der Waals surface area (Å²) in [7, 11) is 0. The maximum absolute atomic E-state index is 11.4. The molecule has 4 nitrogen and oxygen atoms in total. The first-order valence-electron chi connectivity index (χ1n) is 4.90. The van der Waals surface area contributed by atoms with E-state index >= 15 is 0 Å². The van der Waals surface area contributed by atoms with Crippen LogP contribution in [0.4, 0.5) is 0 Å². The maximum Gasteiger partial charge on any atom is 0.224 e. The van der Waals surface area contributed by atoms with Crippen molar-refractivity contribution in [3.63, 3.8) is 0 Å². The molecule has 4 heteroatoms. The number of hydrogen-bond acceptors (Lipinski definition) is 3. The van der Waals surface area contributed by atoms with E-state index in [0.29, 0.717) is 13.0 Å². The fourth-order valence-corrected chi connectivity index (χ4v) is 2.01. The Hall–Kier alpha value is -0.610. The molecular weight excluding hydrogens is 168 g/mol. The summed E-state index contributed by atoms with van der Waals surface area (Å²) in [6.45, 7) is 2.30. The van der Waals surface area contributed by atoms with E-state index in [4.69, 9.17) is 10.5 Å². The highest BCUT2D eigenvalue weighted by molar-refractivity contribution is 5.79. The summed E-state index contributed by atoms with van der Waals surface area (Å²) < 4.78 is 5.46. The molecule has 2 saturated heterocycles. The van der Waals surface area contributed by atoms with Gasteiger partial charge in [0.05, 0.1) is 6.10 Å². The number of hydrogen-bond donors (Lipinski definition) is 1. The van der Waals surface area contributed by atoms with Crippen molar-refractivity contribution in [3.8, 4) is 0 Å². The Bertz CT molecular complexity index is 202. The number of ether oxygens (including phenoxy) is 1. The average molecular weight is 184 g/mol. The summed E-state index contributed by atoms with van der Waals surface area (Å²) >= 11 is 0. The minimum Gasteiger partial charge on any atom is -0.376 e. The van der Waals surface area contributed by atoms with Gasteiger partial charge in [-0.15, -0.1) is 0 Å². The van der Waals surface area contributed by atoms with Crippen LogP contribution >= 0.6 is 0 Å². The number of nitrogens with zero attached hydrogens (tertiary/aromatic N) is 1. The van der Waals surface area contributed by atoms with E-state index in [1.165, 1.54) is 0 Å². The van der Waals surface area contributed by atoms with Crippen molar-refractivity contribution < 1.29 is 9.53 Å². The van der Waals surface area contributed by atoms with Crippen LogP contribution in [0.2, 0.25) is 0 Å². The Morgan fingerprint density at radius 3 is 3.00 bits per heavy atom. The third-order valence-corrected chi connectivity index (χ3v) is 2.69. The van der Waals surface area contributed by atoms with Crippen LogP contribution in [0.25, 0.3) is 0 Å². The molecule has 74 valence electrons. The second-order valence-corrected chi connectivity index (χ2v) is 3.90. The molecule has 0 aromatic carbocycles. The van der Waals surface area contributed by atoms with Gasteiger partial charge in [0.2, 0.25) is 5.91 Å². The molecule has 2 N–H and O–H groups in total. The summed E-state index contributed by atoms with van der Waals surface area (Å²) in [6, 6.07) is 0.0360. The van der Waals surface area contributed by atoms with E-state index in [0.717, 1.165) is 26.0 Å². The van der Waals surface area contributed by atoms with E-state index in [1.807, 2.05) is 4.90 Å². The average Bonchev–Trinajstić information content (AvgIpc) is 2.63. The SMILES string of the molecule is N[C@H]1CC(=O)N(C[C@H]2CCCO2)C1. The molecule has 2 aliphatic heterocycles. The lowest BCUT2D eigenvalue weighted by Gasteiger charge is -2.19. The first-order chi connectivity index (χ1) is 6.25. The lowest BCUT2D eigenvalue weighted by molar-refractivity contribution is -0.129. The largest absolute Gasteiger partial charge is 0.376 e. The Kier molecular flexibility index (Phi) is 2.51. The number of nitrogens with two attached hydrogens (primary N) is 1. The van der Waals surface area contributed by atoms with Gasteiger partial charge in [-0.25, -0.2) is 0 Å². The predicted molar refractivity (Wildman–Crippen MR) is 48.1 cm³/mol. The summed E-state index contributed by atoms with van der Waals surface area (Å²) in [6.07, 6.45) is 2.97. The lowest BCUT2D eigenvalue weighted by Crippen LogP contribution is -2.34. The minimum atomic E-state index is 0.0360. The molecular formula is C9H16N2O2. The Morgan fingerprint density at radius 1 is 1.62 bits per heavy atom. The van der Waals surface area contributed by atoms with Crippen molar-refractivity contribution in [1.29, 1.82) is 0 Å². The Morgan fingerprint density at radius 2 is 2.46 bits per heavy atom. The fraction of sp³-hybridized carbons (Fsp3) is 0.889. The van der Waals surface area contributed by atoms with Gasteiger partial charge in [0, 0.05) is 32.2 Å². The lowest BCUT2D eigenvalue weighted by atomic mass is 10.2. The molecule has 0 aromatic heterocycles. The minimum absolute atomic E-state index is 0.0360. The number of carbonyl (C=O) groups excluding carboxylic acids is 1. The van der Waals surface area contributed by atoms with Crippen molar-refractivity contribution in [1.82, 2.24) is 4.90 Å². The number of likely N-dealkylation sites (tertiary alicyclic amines) is 1.